The molecule has 0 aromatic carbocycles. The molecule has 1 aromatic heterocycles. The highest BCUT2D eigenvalue weighted by atomic mass is 16.4. The van der Waals surface area contributed by atoms with Gasteiger partial charge in [0.1, 0.15) is 0 Å². The molecular weight excluding hydrogens is 264 g/mol. The molecular formula is C12H20N4O4. The van der Waals surface area contributed by atoms with Crippen molar-refractivity contribution in [3.05, 3.63) is 21.0 Å². The van der Waals surface area contributed by atoms with Crippen molar-refractivity contribution in [1.82, 2.24) is 14.5 Å². The molecule has 1 rings (SSSR count). The molecule has 20 heavy (non-hydrogen) atoms. The summed E-state index contributed by atoms with van der Waals surface area (Å²) in [5.74, 6) is -1.02. The third-order valence-corrected chi connectivity index (χ3v) is 2.71. The Kier molecular flexibility index (Phi) is 5.48. The largest absolute Gasteiger partial charge is 0.434 e. The third kappa shape index (κ3) is 3.46. The van der Waals surface area contributed by atoms with E-state index in [1.54, 1.807) is 11.9 Å². The first-order chi connectivity index (χ1) is 9.42. The number of carbonyl (C=O) groups is 1. The van der Waals surface area contributed by atoms with Gasteiger partial charge in [0.15, 0.2) is 0 Å². The SMILES string of the molecule is CCCN(C)C(=O)n1c(=O)nc(N(C)CCC)oc1=O. The highest BCUT2D eigenvalue weighted by Gasteiger charge is 2.19. The minimum absolute atomic E-state index is 0.0796. The second-order valence-corrected chi connectivity index (χ2v) is 4.51. The van der Waals surface area contributed by atoms with Crippen molar-refractivity contribution < 1.29 is 9.21 Å². The molecule has 0 spiro atoms. The average Bonchev–Trinajstić information content (AvgIpc) is 2.38. The fourth-order valence-corrected chi connectivity index (χ4v) is 1.71. The average molecular weight is 284 g/mol. The number of aromatic nitrogens is 2. The molecule has 0 bridgehead atoms. The molecule has 0 aliphatic heterocycles. The highest BCUT2D eigenvalue weighted by Crippen LogP contribution is 2.02. The third-order valence-electron chi connectivity index (χ3n) is 2.71. The first kappa shape index (κ1) is 15.9. The van der Waals surface area contributed by atoms with Gasteiger partial charge in [0, 0.05) is 27.2 Å². The van der Waals surface area contributed by atoms with Gasteiger partial charge in [0.2, 0.25) is 0 Å². The highest BCUT2D eigenvalue weighted by molar-refractivity contribution is 5.75. The van der Waals surface area contributed by atoms with Gasteiger partial charge in [-0.3, -0.25) is 0 Å². The van der Waals surface area contributed by atoms with Crippen LogP contribution in [0.5, 0.6) is 0 Å². The van der Waals surface area contributed by atoms with Crippen LogP contribution in [0.4, 0.5) is 10.8 Å². The molecule has 0 aliphatic carbocycles. The summed E-state index contributed by atoms with van der Waals surface area (Å²) in [6, 6.07) is -0.813. The number of carbonyl (C=O) groups excluding carboxylic acids is 1. The maximum absolute atomic E-state index is 12.0. The van der Waals surface area contributed by atoms with E-state index >= 15 is 0 Å². The summed E-state index contributed by atoms with van der Waals surface area (Å²) in [7, 11) is 3.17. The molecule has 0 fully saturated rings. The smallest absolute Gasteiger partial charge is 0.375 e. The van der Waals surface area contributed by atoms with E-state index in [0.717, 1.165) is 6.42 Å². The zero-order valence-corrected chi connectivity index (χ0v) is 12.3. The second kappa shape index (κ2) is 6.88. The summed E-state index contributed by atoms with van der Waals surface area (Å²) in [5.41, 5.74) is -0.924. The van der Waals surface area contributed by atoms with Crippen LogP contribution in [0.2, 0.25) is 0 Å². The van der Waals surface area contributed by atoms with E-state index in [2.05, 4.69) is 4.98 Å². The standard InChI is InChI=1S/C12H20N4O4/c1-5-7-14(3)10-13-9(17)16(12(19)20-10)11(18)15(4)8-6-2/h5-8H2,1-4H3. The first-order valence-corrected chi connectivity index (χ1v) is 6.53. The van der Waals surface area contributed by atoms with E-state index in [-0.39, 0.29) is 6.01 Å². The zero-order chi connectivity index (χ0) is 15.3. The number of rotatable bonds is 5. The normalized spacial score (nSPS) is 10.4. The Labute approximate surface area is 116 Å². The maximum atomic E-state index is 12.0. The molecule has 0 atom stereocenters. The lowest BCUT2D eigenvalue weighted by Crippen LogP contribution is -2.46. The minimum atomic E-state index is -1.02. The minimum Gasteiger partial charge on any atom is -0.375 e. The molecule has 112 valence electrons. The van der Waals surface area contributed by atoms with Gasteiger partial charge in [-0.15, -0.1) is 9.55 Å². The van der Waals surface area contributed by atoms with Crippen molar-refractivity contribution in [2.24, 2.45) is 0 Å². The van der Waals surface area contributed by atoms with Crippen molar-refractivity contribution in [2.45, 2.75) is 26.7 Å². The van der Waals surface area contributed by atoms with E-state index in [1.807, 2.05) is 13.8 Å². The van der Waals surface area contributed by atoms with Crippen molar-refractivity contribution in [2.75, 3.05) is 32.1 Å². The van der Waals surface area contributed by atoms with Crippen LogP contribution in [0.25, 0.3) is 0 Å². The van der Waals surface area contributed by atoms with Gasteiger partial charge in [-0.05, 0) is 12.8 Å². The Hall–Kier alpha value is -2.12. The van der Waals surface area contributed by atoms with Crippen molar-refractivity contribution in [1.29, 1.82) is 0 Å². The summed E-state index contributed by atoms with van der Waals surface area (Å²) in [6.07, 6.45) is 1.52. The number of amides is 1. The topological polar surface area (TPSA) is 88.7 Å². The molecule has 1 heterocycles. The van der Waals surface area contributed by atoms with Crippen molar-refractivity contribution in [3.8, 4) is 0 Å². The summed E-state index contributed by atoms with van der Waals surface area (Å²) in [6.45, 7) is 4.85. The Bertz CT molecular complexity index is 546. The fraction of sp³-hybridized carbons (Fsp3) is 0.667. The molecule has 0 radical (unpaired) electrons. The van der Waals surface area contributed by atoms with Gasteiger partial charge in [0.25, 0.3) is 0 Å². The first-order valence-electron chi connectivity index (χ1n) is 6.53. The van der Waals surface area contributed by atoms with Crippen molar-refractivity contribution in [3.63, 3.8) is 0 Å². The lowest BCUT2D eigenvalue weighted by Gasteiger charge is -2.17. The quantitative estimate of drug-likeness (QED) is 0.775. The van der Waals surface area contributed by atoms with Gasteiger partial charge >= 0.3 is 23.5 Å². The van der Waals surface area contributed by atoms with Crippen LogP contribution < -0.4 is 16.3 Å². The lowest BCUT2D eigenvalue weighted by molar-refractivity contribution is 0.204. The molecule has 0 saturated heterocycles. The summed E-state index contributed by atoms with van der Waals surface area (Å²) in [4.78, 5) is 42.1. The molecule has 8 nitrogen and oxygen atoms in total. The molecule has 0 N–H and O–H groups in total. The molecule has 1 aromatic rings. The summed E-state index contributed by atoms with van der Waals surface area (Å²) in [5, 5.41) is 0. The molecule has 0 aliphatic rings. The van der Waals surface area contributed by atoms with Crippen LogP contribution in [0, 0.1) is 0 Å². The van der Waals surface area contributed by atoms with Crippen molar-refractivity contribution >= 4 is 12.0 Å². The van der Waals surface area contributed by atoms with Gasteiger partial charge in [-0.25, -0.2) is 14.4 Å². The molecule has 0 unspecified atom stereocenters. The summed E-state index contributed by atoms with van der Waals surface area (Å²) >= 11 is 0. The Morgan fingerprint density at radius 1 is 1.20 bits per heavy atom. The van der Waals surface area contributed by atoms with E-state index in [0.29, 0.717) is 24.1 Å². The zero-order valence-electron chi connectivity index (χ0n) is 12.3. The van der Waals surface area contributed by atoms with Crippen LogP contribution in [-0.2, 0) is 0 Å². The molecule has 1 amide bonds. The predicted molar refractivity (Wildman–Crippen MR) is 74.3 cm³/mol. The van der Waals surface area contributed by atoms with E-state index in [9.17, 15) is 14.4 Å². The molecule has 0 saturated carbocycles. The Morgan fingerprint density at radius 2 is 1.80 bits per heavy atom. The van der Waals surface area contributed by atoms with Crippen LogP contribution >= 0.6 is 0 Å². The van der Waals surface area contributed by atoms with Crippen LogP contribution in [0.3, 0.4) is 0 Å². The van der Waals surface area contributed by atoms with Crippen LogP contribution in [0.1, 0.15) is 26.7 Å². The van der Waals surface area contributed by atoms with Gasteiger partial charge < -0.3 is 14.2 Å². The predicted octanol–water partition coefficient (Wildman–Crippen LogP) is 0.353. The number of nitrogens with zero attached hydrogens (tertiary/aromatic N) is 4. The Balaban J connectivity index is 3.16. The monoisotopic (exact) mass is 284 g/mol. The lowest BCUT2D eigenvalue weighted by atomic mass is 10.4. The van der Waals surface area contributed by atoms with E-state index in [4.69, 9.17) is 4.42 Å². The molecule has 8 heteroatoms. The fourth-order valence-electron chi connectivity index (χ4n) is 1.71. The van der Waals surface area contributed by atoms with Crippen LogP contribution in [-0.4, -0.2) is 47.7 Å². The summed E-state index contributed by atoms with van der Waals surface area (Å²) < 4.78 is 5.33. The van der Waals surface area contributed by atoms with Gasteiger partial charge in [-0.1, -0.05) is 13.8 Å². The second-order valence-electron chi connectivity index (χ2n) is 4.51. The van der Waals surface area contributed by atoms with Gasteiger partial charge in [-0.2, -0.15) is 0 Å². The number of hydrogen-bond donors (Lipinski definition) is 0. The van der Waals surface area contributed by atoms with E-state index < -0.39 is 17.5 Å². The number of anilines is 1. The maximum Gasteiger partial charge on any atom is 0.434 e. The van der Waals surface area contributed by atoms with Gasteiger partial charge in [0.05, 0.1) is 0 Å². The Morgan fingerprint density at radius 3 is 2.30 bits per heavy atom. The van der Waals surface area contributed by atoms with E-state index in [1.165, 1.54) is 11.9 Å². The number of hydrogen-bond acceptors (Lipinski definition) is 6. The van der Waals surface area contributed by atoms with Crippen LogP contribution in [0.15, 0.2) is 14.0 Å².